The molecule has 3 rings (SSSR count). The Labute approximate surface area is 139 Å². The second-order valence-corrected chi connectivity index (χ2v) is 5.80. The molecule has 0 aliphatic carbocycles. The molecule has 24 heavy (non-hydrogen) atoms. The van der Waals surface area contributed by atoms with Gasteiger partial charge >= 0.3 is 0 Å². The molecule has 132 valence electrons. The van der Waals surface area contributed by atoms with Gasteiger partial charge in [-0.25, -0.2) is 9.97 Å². The predicted octanol–water partition coefficient (Wildman–Crippen LogP) is -0.442. The van der Waals surface area contributed by atoms with Gasteiger partial charge in [0.25, 0.3) is 12.4 Å². The number of nitrogens with zero attached hydrogens (tertiary/aromatic N) is 2. The van der Waals surface area contributed by atoms with Crippen molar-refractivity contribution in [3.05, 3.63) is 23.8 Å². The number of rotatable bonds is 3. The highest BCUT2D eigenvalue weighted by molar-refractivity contribution is 5.92. The second kappa shape index (κ2) is 8.13. The van der Waals surface area contributed by atoms with Crippen molar-refractivity contribution in [1.29, 1.82) is 0 Å². The average molecular weight is 339 g/mol. The van der Waals surface area contributed by atoms with Crippen LogP contribution < -0.4 is 5.32 Å². The van der Waals surface area contributed by atoms with Gasteiger partial charge in [0.1, 0.15) is 29.8 Å². The number of aliphatic hydroxyl groups is 1. The van der Waals surface area contributed by atoms with E-state index in [0.29, 0.717) is 18.1 Å². The lowest BCUT2D eigenvalue weighted by molar-refractivity contribution is -0.122. The molecule has 2 fully saturated rings. The standard InChI is InChI=1S/C14H19N3O4.CH2O2/c1-7(2)13-15-4-3-8(16-13)14(19)17-9-5-20-12-10(18)6-21-11(9)12;2-1-3/h3-4,7,9-12,18H,5-6H2,1-2H3,(H,17,19);1H,(H,2,3)/t9-,10+,11+,12+;/m0./s1. The highest BCUT2D eigenvalue weighted by atomic mass is 16.6. The Kier molecular flexibility index (Phi) is 6.18. The normalized spacial score (nSPS) is 28.0. The zero-order valence-electron chi connectivity index (χ0n) is 13.5. The van der Waals surface area contributed by atoms with Gasteiger partial charge in [0.15, 0.2) is 0 Å². The minimum atomic E-state index is -0.622. The lowest BCUT2D eigenvalue weighted by atomic mass is 10.1. The van der Waals surface area contributed by atoms with E-state index in [-0.39, 0.29) is 43.2 Å². The van der Waals surface area contributed by atoms with Crippen LogP contribution in [0.4, 0.5) is 0 Å². The third kappa shape index (κ3) is 4.05. The van der Waals surface area contributed by atoms with Gasteiger partial charge in [0.2, 0.25) is 0 Å². The van der Waals surface area contributed by atoms with Gasteiger partial charge < -0.3 is 25.0 Å². The van der Waals surface area contributed by atoms with Gasteiger partial charge in [0.05, 0.1) is 19.3 Å². The van der Waals surface area contributed by atoms with Crippen LogP contribution in [-0.2, 0) is 14.3 Å². The number of aromatic nitrogens is 2. The highest BCUT2D eigenvalue weighted by Gasteiger charge is 2.47. The van der Waals surface area contributed by atoms with Crippen molar-refractivity contribution in [2.24, 2.45) is 0 Å². The molecule has 1 aromatic rings. The number of carboxylic acid groups (broad SMARTS) is 1. The number of ether oxygens (including phenoxy) is 2. The maximum absolute atomic E-state index is 12.3. The van der Waals surface area contributed by atoms with Crippen LogP contribution in [0.15, 0.2) is 12.3 Å². The number of nitrogens with one attached hydrogen (secondary N) is 1. The Morgan fingerprint density at radius 3 is 2.71 bits per heavy atom. The fourth-order valence-electron chi connectivity index (χ4n) is 2.62. The Hall–Kier alpha value is -2.10. The lowest BCUT2D eigenvalue weighted by Gasteiger charge is -2.17. The number of hydrogen-bond donors (Lipinski definition) is 3. The molecule has 0 aromatic carbocycles. The SMILES string of the molecule is CC(C)c1nccc(C(=O)N[C@H]2CO[C@H]3[C@@H]2OC[C@H]3O)n1.O=CO. The molecule has 4 atom stereocenters. The van der Waals surface area contributed by atoms with Crippen molar-refractivity contribution in [2.75, 3.05) is 13.2 Å². The van der Waals surface area contributed by atoms with Gasteiger partial charge in [-0.15, -0.1) is 0 Å². The fraction of sp³-hybridized carbons (Fsp3) is 0.600. The van der Waals surface area contributed by atoms with Crippen LogP contribution in [0, 0.1) is 0 Å². The predicted molar refractivity (Wildman–Crippen MR) is 81.6 cm³/mol. The summed E-state index contributed by atoms with van der Waals surface area (Å²) in [5.41, 5.74) is 0.329. The summed E-state index contributed by atoms with van der Waals surface area (Å²) in [7, 11) is 0. The maximum Gasteiger partial charge on any atom is 0.290 e. The summed E-state index contributed by atoms with van der Waals surface area (Å²) in [6.45, 7) is 4.27. The maximum atomic E-state index is 12.3. The van der Waals surface area contributed by atoms with Crippen LogP contribution in [-0.4, -0.2) is 70.1 Å². The molecule has 2 aliphatic rings. The summed E-state index contributed by atoms with van der Waals surface area (Å²) in [5, 5.41) is 19.4. The first kappa shape index (κ1) is 18.2. The monoisotopic (exact) mass is 339 g/mol. The van der Waals surface area contributed by atoms with Crippen molar-refractivity contribution < 1.29 is 29.3 Å². The smallest absolute Gasteiger partial charge is 0.290 e. The quantitative estimate of drug-likeness (QED) is 0.632. The van der Waals surface area contributed by atoms with Gasteiger partial charge in [-0.05, 0) is 6.07 Å². The minimum Gasteiger partial charge on any atom is -0.483 e. The van der Waals surface area contributed by atoms with Gasteiger partial charge in [0, 0.05) is 12.1 Å². The van der Waals surface area contributed by atoms with Crippen LogP contribution in [0.3, 0.4) is 0 Å². The lowest BCUT2D eigenvalue weighted by Crippen LogP contribution is -2.44. The van der Waals surface area contributed by atoms with E-state index in [0.717, 1.165) is 0 Å². The number of carbonyl (C=O) groups is 2. The van der Waals surface area contributed by atoms with Crippen molar-refractivity contribution in [1.82, 2.24) is 15.3 Å². The first-order chi connectivity index (χ1) is 11.5. The van der Waals surface area contributed by atoms with E-state index >= 15 is 0 Å². The van der Waals surface area contributed by atoms with Crippen molar-refractivity contribution in [2.45, 2.75) is 44.1 Å². The molecule has 1 aromatic heterocycles. The highest BCUT2D eigenvalue weighted by Crippen LogP contribution is 2.27. The van der Waals surface area contributed by atoms with E-state index in [2.05, 4.69) is 15.3 Å². The van der Waals surface area contributed by atoms with E-state index in [1.165, 1.54) is 0 Å². The van der Waals surface area contributed by atoms with Crippen molar-refractivity contribution in [3.63, 3.8) is 0 Å². The largest absolute Gasteiger partial charge is 0.483 e. The number of fused-ring (bicyclic) bond motifs is 1. The Bertz CT molecular complexity index is 582. The molecule has 0 saturated carbocycles. The van der Waals surface area contributed by atoms with Crippen LogP contribution in [0.5, 0.6) is 0 Å². The number of amides is 1. The fourth-order valence-corrected chi connectivity index (χ4v) is 2.62. The molecule has 3 N–H and O–H groups in total. The summed E-state index contributed by atoms with van der Waals surface area (Å²) in [4.78, 5) is 29.0. The van der Waals surface area contributed by atoms with Crippen LogP contribution in [0.1, 0.15) is 36.1 Å². The average Bonchev–Trinajstić information content (AvgIpc) is 3.12. The third-order valence-corrected chi connectivity index (χ3v) is 3.77. The molecular weight excluding hydrogens is 318 g/mol. The van der Waals surface area contributed by atoms with Crippen LogP contribution in [0.25, 0.3) is 0 Å². The first-order valence-corrected chi connectivity index (χ1v) is 7.60. The van der Waals surface area contributed by atoms with Gasteiger partial charge in [-0.2, -0.15) is 0 Å². The molecule has 0 radical (unpaired) electrons. The second-order valence-electron chi connectivity index (χ2n) is 5.80. The summed E-state index contributed by atoms with van der Waals surface area (Å²) < 4.78 is 11.0. The van der Waals surface area contributed by atoms with E-state index < -0.39 is 6.10 Å². The summed E-state index contributed by atoms with van der Waals surface area (Å²) >= 11 is 0. The zero-order valence-corrected chi connectivity index (χ0v) is 13.5. The molecule has 9 nitrogen and oxygen atoms in total. The van der Waals surface area contributed by atoms with Gasteiger partial charge in [-0.1, -0.05) is 13.8 Å². The molecule has 9 heteroatoms. The molecule has 0 unspecified atom stereocenters. The van der Waals surface area contributed by atoms with Gasteiger partial charge in [-0.3, -0.25) is 9.59 Å². The number of aliphatic hydroxyl groups excluding tert-OH is 1. The molecule has 0 bridgehead atoms. The Morgan fingerprint density at radius 2 is 2.04 bits per heavy atom. The summed E-state index contributed by atoms with van der Waals surface area (Å²) in [6.07, 6.45) is 0.312. The first-order valence-electron chi connectivity index (χ1n) is 7.60. The topological polar surface area (TPSA) is 131 Å². The molecule has 2 aliphatic heterocycles. The molecule has 0 spiro atoms. The van der Waals surface area contributed by atoms with E-state index in [1.54, 1.807) is 12.3 Å². The van der Waals surface area contributed by atoms with Crippen LogP contribution >= 0.6 is 0 Å². The number of hydrogen-bond acceptors (Lipinski definition) is 7. The Balaban J connectivity index is 0.000000647. The number of carbonyl (C=O) groups excluding carboxylic acids is 1. The molecule has 2 saturated heterocycles. The van der Waals surface area contributed by atoms with Crippen molar-refractivity contribution >= 4 is 12.4 Å². The van der Waals surface area contributed by atoms with E-state index in [4.69, 9.17) is 19.4 Å². The third-order valence-electron chi connectivity index (χ3n) is 3.77. The van der Waals surface area contributed by atoms with E-state index in [9.17, 15) is 9.90 Å². The summed E-state index contributed by atoms with van der Waals surface area (Å²) in [5.74, 6) is 0.513. The van der Waals surface area contributed by atoms with Crippen LogP contribution in [0.2, 0.25) is 0 Å². The zero-order chi connectivity index (χ0) is 17.7. The molecular formula is C15H21N3O6. The minimum absolute atomic E-state index is 0.158. The van der Waals surface area contributed by atoms with Crippen molar-refractivity contribution in [3.8, 4) is 0 Å². The summed E-state index contributed by atoms with van der Waals surface area (Å²) in [6, 6.07) is 1.32. The molecule has 3 heterocycles. The molecule has 1 amide bonds. The Morgan fingerprint density at radius 1 is 1.38 bits per heavy atom. The van der Waals surface area contributed by atoms with E-state index in [1.807, 2.05) is 13.8 Å².